The maximum Gasteiger partial charge on any atom is 0.287 e. The van der Waals surface area contributed by atoms with Crippen LogP contribution in [0.2, 0.25) is 0 Å². The molecule has 0 spiro atoms. The fraction of sp³-hybridized carbons (Fsp3) is 0.583. The zero-order valence-electron chi connectivity index (χ0n) is 9.58. The number of carbonyl (C=O) groups excluding carboxylic acids is 1. The molecule has 0 unspecified atom stereocenters. The van der Waals surface area contributed by atoms with Gasteiger partial charge in [-0.25, -0.2) is 0 Å². The monoisotopic (exact) mass is 222 g/mol. The van der Waals surface area contributed by atoms with Crippen molar-refractivity contribution in [3.63, 3.8) is 0 Å². The SMILES string of the molecule is CCc1ccc(C(=O)NCCNC2CC2)o1. The Morgan fingerprint density at radius 2 is 2.25 bits per heavy atom. The maximum absolute atomic E-state index is 11.6. The molecule has 0 atom stereocenters. The molecule has 1 aliphatic carbocycles. The number of carbonyl (C=O) groups is 1. The third-order valence-corrected chi connectivity index (χ3v) is 2.65. The molecular weight excluding hydrogens is 204 g/mol. The first kappa shape index (κ1) is 11.2. The van der Waals surface area contributed by atoms with Gasteiger partial charge in [-0.15, -0.1) is 0 Å². The van der Waals surface area contributed by atoms with Crippen molar-refractivity contribution < 1.29 is 9.21 Å². The number of rotatable bonds is 6. The van der Waals surface area contributed by atoms with E-state index in [2.05, 4.69) is 10.6 Å². The van der Waals surface area contributed by atoms with E-state index >= 15 is 0 Å². The molecular formula is C12H18N2O2. The van der Waals surface area contributed by atoms with E-state index in [-0.39, 0.29) is 5.91 Å². The van der Waals surface area contributed by atoms with E-state index in [0.717, 1.165) is 18.7 Å². The number of amides is 1. The van der Waals surface area contributed by atoms with Crippen LogP contribution in [0.1, 0.15) is 36.1 Å². The average molecular weight is 222 g/mol. The summed E-state index contributed by atoms with van der Waals surface area (Å²) in [5.74, 6) is 1.13. The summed E-state index contributed by atoms with van der Waals surface area (Å²) in [7, 11) is 0. The lowest BCUT2D eigenvalue weighted by Crippen LogP contribution is -2.32. The van der Waals surface area contributed by atoms with Gasteiger partial charge in [-0.3, -0.25) is 4.79 Å². The van der Waals surface area contributed by atoms with Crippen LogP contribution in [0, 0.1) is 0 Å². The summed E-state index contributed by atoms with van der Waals surface area (Å²) in [5, 5.41) is 6.16. The summed E-state index contributed by atoms with van der Waals surface area (Å²) in [6.45, 7) is 3.48. The summed E-state index contributed by atoms with van der Waals surface area (Å²) in [6, 6.07) is 4.26. The van der Waals surface area contributed by atoms with Crippen LogP contribution in [0.25, 0.3) is 0 Å². The van der Waals surface area contributed by atoms with E-state index < -0.39 is 0 Å². The number of hydrogen-bond donors (Lipinski definition) is 2. The topological polar surface area (TPSA) is 54.3 Å². The Hall–Kier alpha value is -1.29. The maximum atomic E-state index is 11.6. The van der Waals surface area contributed by atoms with Crippen LogP contribution >= 0.6 is 0 Å². The predicted molar refractivity (Wildman–Crippen MR) is 61.4 cm³/mol. The van der Waals surface area contributed by atoms with Gasteiger partial charge in [0.05, 0.1) is 0 Å². The summed E-state index contributed by atoms with van der Waals surface area (Å²) in [6.07, 6.45) is 3.36. The molecule has 4 heteroatoms. The molecule has 1 aliphatic rings. The van der Waals surface area contributed by atoms with Crippen molar-refractivity contribution >= 4 is 5.91 Å². The average Bonchev–Trinajstić information content (AvgIpc) is 2.99. The Labute approximate surface area is 95.4 Å². The zero-order valence-corrected chi connectivity index (χ0v) is 9.58. The van der Waals surface area contributed by atoms with Crippen molar-refractivity contribution in [1.29, 1.82) is 0 Å². The van der Waals surface area contributed by atoms with Crippen LogP contribution in [0.3, 0.4) is 0 Å². The number of nitrogens with one attached hydrogen (secondary N) is 2. The van der Waals surface area contributed by atoms with Gasteiger partial charge in [0, 0.05) is 25.6 Å². The second kappa shape index (κ2) is 5.16. The number of hydrogen-bond acceptors (Lipinski definition) is 3. The van der Waals surface area contributed by atoms with E-state index in [9.17, 15) is 4.79 Å². The van der Waals surface area contributed by atoms with Crippen LogP contribution in [0.5, 0.6) is 0 Å². The molecule has 1 heterocycles. The molecule has 0 aliphatic heterocycles. The second-order valence-electron chi connectivity index (χ2n) is 4.10. The Balaban J connectivity index is 1.69. The summed E-state index contributed by atoms with van der Waals surface area (Å²) in [5.41, 5.74) is 0. The van der Waals surface area contributed by atoms with Gasteiger partial charge in [-0.05, 0) is 25.0 Å². The van der Waals surface area contributed by atoms with Gasteiger partial charge in [0.25, 0.3) is 5.91 Å². The molecule has 0 aromatic carbocycles. The minimum absolute atomic E-state index is 0.128. The molecule has 1 fully saturated rings. The third-order valence-electron chi connectivity index (χ3n) is 2.65. The first-order chi connectivity index (χ1) is 7.79. The van der Waals surface area contributed by atoms with Gasteiger partial charge < -0.3 is 15.1 Å². The summed E-state index contributed by atoms with van der Waals surface area (Å²) < 4.78 is 5.35. The molecule has 88 valence electrons. The van der Waals surface area contributed by atoms with E-state index in [1.807, 2.05) is 13.0 Å². The van der Waals surface area contributed by atoms with Crippen LogP contribution < -0.4 is 10.6 Å². The molecule has 4 nitrogen and oxygen atoms in total. The lowest BCUT2D eigenvalue weighted by molar-refractivity contribution is 0.0924. The smallest absolute Gasteiger partial charge is 0.287 e. The largest absolute Gasteiger partial charge is 0.456 e. The molecule has 2 rings (SSSR count). The normalized spacial score (nSPS) is 15.1. The van der Waals surface area contributed by atoms with E-state index in [0.29, 0.717) is 18.3 Å². The van der Waals surface area contributed by atoms with Crippen molar-refractivity contribution in [1.82, 2.24) is 10.6 Å². The van der Waals surface area contributed by atoms with Gasteiger partial charge in [0.1, 0.15) is 5.76 Å². The van der Waals surface area contributed by atoms with Crippen LogP contribution in [-0.2, 0) is 6.42 Å². The fourth-order valence-electron chi connectivity index (χ4n) is 1.52. The lowest BCUT2D eigenvalue weighted by atomic mass is 10.3. The van der Waals surface area contributed by atoms with Crippen molar-refractivity contribution in [2.45, 2.75) is 32.2 Å². The molecule has 16 heavy (non-hydrogen) atoms. The highest BCUT2D eigenvalue weighted by molar-refractivity contribution is 5.91. The molecule has 1 aromatic rings. The highest BCUT2D eigenvalue weighted by Gasteiger charge is 2.19. The number of aryl methyl sites for hydroxylation is 1. The van der Waals surface area contributed by atoms with Crippen molar-refractivity contribution in [2.24, 2.45) is 0 Å². The molecule has 1 saturated carbocycles. The van der Waals surface area contributed by atoms with Gasteiger partial charge in [-0.1, -0.05) is 6.92 Å². The Morgan fingerprint density at radius 1 is 1.44 bits per heavy atom. The van der Waals surface area contributed by atoms with Crippen LogP contribution in [0.4, 0.5) is 0 Å². The number of furan rings is 1. The van der Waals surface area contributed by atoms with Gasteiger partial charge in [0.15, 0.2) is 5.76 Å². The Kier molecular flexibility index (Phi) is 3.62. The standard InChI is InChI=1S/C12H18N2O2/c1-2-10-5-6-11(16-10)12(15)14-8-7-13-9-3-4-9/h5-6,9,13H,2-4,7-8H2,1H3,(H,14,15). The Morgan fingerprint density at radius 3 is 2.88 bits per heavy atom. The molecule has 2 N–H and O–H groups in total. The van der Waals surface area contributed by atoms with E-state index in [1.54, 1.807) is 6.07 Å². The minimum atomic E-state index is -0.128. The first-order valence-corrected chi connectivity index (χ1v) is 5.90. The van der Waals surface area contributed by atoms with E-state index in [1.165, 1.54) is 12.8 Å². The quantitative estimate of drug-likeness (QED) is 0.714. The van der Waals surface area contributed by atoms with Crippen LogP contribution in [0.15, 0.2) is 16.5 Å². The molecule has 1 aromatic heterocycles. The summed E-state index contributed by atoms with van der Waals surface area (Å²) >= 11 is 0. The van der Waals surface area contributed by atoms with Gasteiger partial charge >= 0.3 is 0 Å². The molecule has 0 radical (unpaired) electrons. The fourth-order valence-corrected chi connectivity index (χ4v) is 1.52. The van der Waals surface area contributed by atoms with Gasteiger partial charge in [0.2, 0.25) is 0 Å². The predicted octanol–water partition coefficient (Wildman–Crippen LogP) is 1.32. The van der Waals surface area contributed by atoms with Crippen LogP contribution in [-0.4, -0.2) is 25.0 Å². The molecule has 0 bridgehead atoms. The molecule has 0 saturated heterocycles. The summed E-state index contributed by atoms with van der Waals surface area (Å²) in [4.78, 5) is 11.6. The first-order valence-electron chi connectivity index (χ1n) is 5.90. The third kappa shape index (κ3) is 3.10. The van der Waals surface area contributed by atoms with Gasteiger partial charge in [-0.2, -0.15) is 0 Å². The van der Waals surface area contributed by atoms with Crippen molar-refractivity contribution in [3.05, 3.63) is 23.7 Å². The van der Waals surface area contributed by atoms with Crippen molar-refractivity contribution in [3.8, 4) is 0 Å². The molecule has 1 amide bonds. The highest BCUT2D eigenvalue weighted by Crippen LogP contribution is 2.17. The van der Waals surface area contributed by atoms with E-state index in [4.69, 9.17) is 4.42 Å². The Bertz CT molecular complexity index is 356. The minimum Gasteiger partial charge on any atom is -0.456 e. The van der Waals surface area contributed by atoms with Crippen molar-refractivity contribution in [2.75, 3.05) is 13.1 Å². The second-order valence-corrected chi connectivity index (χ2v) is 4.10. The highest BCUT2D eigenvalue weighted by atomic mass is 16.3. The lowest BCUT2D eigenvalue weighted by Gasteiger charge is -2.03. The zero-order chi connectivity index (χ0) is 11.4.